The van der Waals surface area contributed by atoms with Crippen LogP contribution in [0.2, 0.25) is 0 Å². The Labute approximate surface area is 131 Å². The van der Waals surface area contributed by atoms with Crippen LogP contribution in [0, 0.1) is 0 Å². The Bertz CT molecular complexity index is 588. The predicted octanol–water partition coefficient (Wildman–Crippen LogP) is 4.46. The van der Waals surface area contributed by atoms with Gasteiger partial charge in [-0.2, -0.15) is 0 Å². The molecule has 0 unspecified atom stereocenters. The third-order valence-electron chi connectivity index (χ3n) is 3.45. The van der Waals surface area contributed by atoms with Crippen molar-refractivity contribution < 1.29 is 4.79 Å². The van der Waals surface area contributed by atoms with Crippen LogP contribution < -0.4 is 5.32 Å². The fourth-order valence-electron chi connectivity index (χ4n) is 2.05. The molecule has 0 aliphatic heterocycles. The summed E-state index contributed by atoms with van der Waals surface area (Å²) in [4.78, 5) is 13.3. The van der Waals surface area contributed by atoms with Gasteiger partial charge in [-0.25, -0.2) is 0 Å². The van der Waals surface area contributed by atoms with Gasteiger partial charge in [-0.15, -0.1) is 11.8 Å². The van der Waals surface area contributed by atoms with E-state index in [0.717, 1.165) is 5.56 Å². The number of thioether (sulfide) groups is 1. The molecule has 2 aromatic rings. The first-order chi connectivity index (χ1) is 10.1. The maximum Gasteiger partial charge on any atom is 0.251 e. The van der Waals surface area contributed by atoms with Crippen molar-refractivity contribution in [1.82, 2.24) is 5.32 Å². The highest BCUT2D eigenvalue weighted by molar-refractivity contribution is 7.98. The average molecular weight is 299 g/mol. The Morgan fingerprint density at radius 2 is 1.67 bits per heavy atom. The van der Waals surface area contributed by atoms with Gasteiger partial charge < -0.3 is 5.32 Å². The van der Waals surface area contributed by atoms with E-state index in [4.69, 9.17) is 0 Å². The molecule has 2 aromatic carbocycles. The van der Waals surface area contributed by atoms with Gasteiger partial charge in [0.2, 0.25) is 0 Å². The maximum absolute atomic E-state index is 12.1. The number of nitrogens with one attached hydrogen (secondary N) is 1. The van der Waals surface area contributed by atoms with Crippen molar-refractivity contribution in [3.63, 3.8) is 0 Å². The van der Waals surface area contributed by atoms with E-state index in [1.807, 2.05) is 36.4 Å². The molecule has 0 atom stereocenters. The second-order valence-electron chi connectivity index (χ2n) is 5.31. The van der Waals surface area contributed by atoms with Crippen molar-refractivity contribution in [2.24, 2.45) is 0 Å². The van der Waals surface area contributed by atoms with Crippen LogP contribution in [0.1, 0.15) is 41.3 Å². The molecule has 0 bridgehead atoms. The molecule has 0 spiro atoms. The van der Waals surface area contributed by atoms with Crippen LogP contribution in [-0.2, 0) is 6.54 Å². The summed E-state index contributed by atoms with van der Waals surface area (Å²) in [6.45, 7) is 4.85. The van der Waals surface area contributed by atoms with E-state index >= 15 is 0 Å². The van der Waals surface area contributed by atoms with Gasteiger partial charge in [-0.05, 0) is 47.6 Å². The number of hydrogen-bond donors (Lipinski definition) is 1. The smallest absolute Gasteiger partial charge is 0.251 e. The molecule has 0 fully saturated rings. The molecule has 0 aliphatic rings. The molecule has 21 heavy (non-hydrogen) atoms. The van der Waals surface area contributed by atoms with Crippen LogP contribution in [0.3, 0.4) is 0 Å². The summed E-state index contributed by atoms with van der Waals surface area (Å²) < 4.78 is 0. The molecule has 1 N–H and O–H groups in total. The fourth-order valence-corrected chi connectivity index (χ4v) is 2.46. The minimum Gasteiger partial charge on any atom is -0.348 e. The van der Waals surface area contributed by atoms with Crippen LogP contribution in [0.15, 0.2) is 53.4 Å². The number of hydrogen-bond acceptors (Lipinski definition) is 2. The molecule has 2 nitrogen and oxygen atoms in total. The topological polar surface area (TPSA) is 29.1 Å². The highest BCUT2D eigenvalue weighted by atomic mass is 32.2. The highest BCUT2D eigenvalue weighted by Crippen LogP contribution is 2.16. The van der Waals surface area contributed by atoms with Gasteiger partial charge in [0.25, 0.3) is 5.91 Å². The van der Waals surface area contributed by atoms with Gasteiger partial charge in [0.1, 0.15) is 0 Å². The molecule has 0 aliphatic carbocycles. The van der Waals surface area contributed by atoms with E-state index in [-0.39, 0.29) is 5.91 Å². The number of amides is 1. The molecule has 110 valence electrons. The molecular weight excluding hydrogens is 278 g/mol. The Hall–Kier alpha value is -1.74. The summed E-state index contributed by atoms with van der Waals surface area (Å²) in [6, 6.07) is 16.1. The molecule has 0 saturated carbocycles. The first-order valence-electron chi connectivity index (χ1n) is 7.11. The second kappa shape index (κ2) is 7.32. The minimum absolute atomic E-state index is 0.0285. The first-order valence-corrected chi connectivity index (χ1v) is 8.33. The molecule has 0 aromatic heterocycles. The quantitative estimate of drug-likeness (QED) is 0.826. The van der Waals surface area contributed by atoms with Crippen LogP contribution in [-0.4, -0.2) is 12.2 Å². The lowest BCUT2D eigenvalue weighted by molar-refractivity contribution is 0.0951. The van der Waals surface area contributed by atoms with Gasteiger partial charge in [-0.3, -0.25) is 4.79 Å². The van der Waals surface area contributed by atoms with Gasteiger partial charge in [0, 0.05) is 17.0 Å². The zero-order valence-corrected chi connectivity index (χ0v) is 13.5. The minimum atomic E-state index is -0.0285. The Morgan fingerprint density at radius 1 is 1.05 bits per heavy atom. The second-order valence-corrected chi connectivity index (χ2v) is 6.19. The Morgan fingerprint density at radius 3 is 2.19 bits per heavy atom. The standard InChI is InChI=1S/C18H21NOS/c1-13(2)15-6-8-16(9-7-15)18(20)19-12-14-4-10-17(21-3)11-5-14/h4-11,13H,12H2,1-3H3,(H,19,20). The predicted molar refractivity (Wildman–Crippen MR) is 89.9 cm³/mol. The molecule has 0 heterocycles. The zero-order valence-electron chi connectivity index (χ0n) is 12.7. The summed E-state index contributed by atoms with van der Waals surface area (Å²) in [7, 11) is 0. The van der Waals surface area contributed by atoms with E-state index < -0.39 is 0 Å². The molecule has 2 rings (SSSR count). The van der Waals surface area contributed by atoms with E-state index in [9.17, 15) is 4.79 Å². The van der Waals surface area contributed by atoms with E-state index in [1.54, 1.807) is 11.8 Å². The number of benzene rings is 2. The lowest BCUT2D eigenvalue weighted by Gasteiger charge is -2.08. The summed E-state index contributed by atoms with van der Waals surface area (Å²) in [5.41, 5.74) is 3.07. The Kier molecular flexibility index (Phi) is 5.45. The zero-order chi connectivity index (χ0) is 15.2. The molecule has 0 radical (unpaired) electrons. The normalized spacial score (nSPS) is 10.7. The third-order valence-corrected chi connectivity index (χ3v) is 4.20. The third kappa shape index (κ3) is 4.36. The van der Waals surface area contributed by atoms with Crippen LogP contribution in [0.5, 0.6) is 0 Å². The summed E-state index contributed by atoms with van der Waals surface area (Å²) in [6.07, 6.45) is 2.05. The monoisotopic (exact) mass is 299 g/mol. The molecule has 1 amide bonds. The molecule has 3 heteroatoms. The van der Waals surface area contributed by atoms with E-state index in [0.29, 0.717) is 18.0 Å². The fraction of sp³-hybridized carbons (Fsp3) is 0.278. The van der Waals surface area contributed by atoms with E-state index in [1.165, 1.54) is 10.5 Å². The Balaban J connectivity index is 1.94. The lowest BCUT2D eigenvalue weighted by atomic mass is 10.0. The lowest BCUT2D eigenvalue weighted by Crippen LogP contribution is -2.22. The van der Waals surface area contributed by atoms with Crippen molar-refractivity contribution >= 4 is 17.7 Å². The van der Waals surface area contributed by atoms with Gasteiger partial charge >= 0.3 is 0 Å². The molecular formula is C18H21NOS. The van der Waals surface area contributed by atoms with E-state index in [2.05, 4.69) is 37.6 Å². The SMILES string of the molecule is CSc1ccc(CNC(=O)c2ccc(C(C)C)cc2)cc1. The number of carbonyl (C=O) groups is 1. The van der Waals surface area contributed by atoms with Crippen molar-refractivity contribution in [3.8, 4) is 0 Å². The van der Waals surface area contributed by atoms with Crippen molar-refractivity contribution in [2.45, 2.75) is 31.2 Å². The summed E-state index contributed by atoms with van der Waals surface area (Å²) in [5.74, 6) is 0.455. The van der Waals surface area contributed by atoms with Crippen LogP contribution >= 0.6 is 11.8 Å². The highest BCUT2D eigenvalue weighted by Gasteiger charge is 2.06. The van der Waals surface area contributed by atoms with Gasteiger partial charge in [0.05, 0.1) is 0 Å². The average Bonchev–Trinajstić information content (AvgIpc) is 2.53. The molecule has 0 saturated heterocycles. The number of carbonyl (C=O) groups excluding carboxylic acids is 1. The van der Waals surface area contributed by atoms with Crippen molar-refractivity contribution in [3.05, 3.63) is 65.2 Å². The van der Waals surface area contributed by atoms with Crippen molar-refractivity contribution in [1.29, 1.82) is 0 Å². The van der Waals surface area contributed by atoms with Gasteiger partial charge in [-0.1, -0.05) is 38.1 Å². The van der Waals surface area contributed by atoms with Crippen LogP contribution in [0.4, 0.5) is 0 Å². The summed E-state index contributed by atoms with van der Waals surface area (Å²) >= 11 is 1.71. The van der Waals surface area contributed by atoms with Gasteiger partial charge in [0.15, 0.2) is 0 Å². The maximum atomic E-state index is 12.1. The number of rotatable bonds is 5. The largest absolute Gasteiger partial charge is 0.348 e. The van der Waals surface area contributed by atoms with Crippen molar-refractivity contribution in [2.75, 3.05) is 6.26 Å². The van der Waals surface area contributed by atoms with Crippen LogP contribution in [0.25, 0.3) is 0 Å². The first kappa shape index (κ1) is 15.6. The summed E-state index contributed by atoms with van der Waals surface area (Å²) in [5, 5.41) is 2.96.